The number of nitrogens with one attached hydrogen (secondary N) is 1. The Morgan fingerprint density at radius 2 is 1.46 bits per heavy atom. The first-order valence-corrected chi connectivity index (χ1v) is 8.67. The van der Waals surface area contributed by atoms with Gasteiger partial charge in [0, 0.05) is 0 Å². The van der Waals surface area contributed by atoms with Gasteiger partial charge in [-0.25, -0.2) is 0 Å². The van der Waals surface area contributed by atoms with Gasteiger partial charge in [-0.1, -0.05) is 40.0 Å². The van der Waals surface area contributed by atoms with Gasteiger partial charge in [0.05, 0.1) is 40.3 Å². The third-order valence-corrected chi connectivity index (χ3v) is 3.51. The van der Waals surface area contributed by atoms with Crippen molar-refractivity contribution < 1.29 is 19.3 Å². The van der Waals surface area contributed by atoms with Crippen molar-refractivity contribution in [3.63, 3.8) is 0 Å². The molecule has 0 aromatic rings. The molecule has 2 heterocycles. The molecule has 0 bridgehead atoms. The van der Waals surface area contributed by atoms with Crippen LogP contribution in [-0.4, -0.2) is 36.5 Å². The number of hydrogen-bond donors (Lipinski definition) is 1. The second-order valence-corrected chi connectivity index (χ2v) is 5.57. The highest BCUT2D eigenvalue weighted by Gasteiger charge is 2.13. The lowest BCUT2D eigenvalue weighted by atomic mass is 10.2. The fourth-order valence-electron chi connectivity index (χ4n) is 2.14. The zero-order valence-corrected chi connectivity index (χ0v) is 14.8. The van der Waals surface area contributed by atoms with E-state index in [1.54, 1.807) is 0 Å². The Labute approximate surface area is 142 Å². The van der Waals surface area contributed by atoms with E-state index < -0.39 is 6.09 Å². The molecule has 2 rings (SSSR count). The van der Waals surface area contributed by atoms with Crippen molar-refractivity contribution >= 4 is 12.1 Å². The van der Waals surface area contributed by atoms with Crippen LogP contribution in [0.1, 0.15) is 59.3 Å². The highest BCUT2D eigenvalue weighted by Crippen LogP contribution is 2.15. The molecule has 0 aliphatic carbocycles. The summed E-state index contributed by atoms with van der Waals surface area (Å²) in [5.74, 6) is -0.00384. The molecule has 10 heteroatoms. The molecule has 2 aliphatic rings. The molecule has 0 atom stereocenters. The van der Waals surface area contributed by atoms with Crippen LogP contribution in [-0.2, 0) is 4.84 Å². The zero-order chi connectivity index (χ0) is 17.6. The van der Waals surface area contributed by atoms with Gasteiger partial charge >= 0.3 is 5.96 Å². The third-order valence-electron chi connectivity index (χ3n) is 3.51. The van der Waals surface area contributed by atoms with Gasteiger partial charge < -0.3 is 25.5 Å². The van der Waals surface area contributed by atoms with Gasteiger partial charge in [0.2, 0.25) is 6.09 Å². The summed E-state index contributed by atoms with van der Waals surface area (Å²) < 4.78 is 0. The lowest BCUT2D eigenvalue weighted by Crippen LogP contribution is -3.12. The molecule has 1 saturated heterocycles. The number of rotatable bonds is 9. The van der Waals surface area contributed by atoms with Crippen molar-refractivity contribution in [3.8, 4) is 0 Å². The molecule has 2 aliphatic heterocycles. The summed E-state index contributed by atoms with van der Waals surface area (Å²) >= 11 is 0. The number of carbonyl (C=O) groups is 1. The molecule has 0 saturated carbocycles. The summed E-state index contributed by atoms with van der Waals surface area (Å²) in [6.45, 7) is 11.1. The van der Waals surface area contributed by atoms with Crippen LogP contribution in [0.25, 0.3) is 11.0 Å². The Morgan fingerprint density at radius 3 is 1.83 bits per heavy atom. The maximum atomic E-state index is 10.3. The summed E-state index contributed by atoms with van der Waals surface area (Å²) in [5, 5.41) is 13.0. The molecule has 0 radical (unpaired) electrons. The molecular formula is C14H28N8O2. The van der Waals surface area contributed by atoms with E-state index in [2.05, 4.69) is 57.3 Å². The standard InChI is InChI=1S/C12H27N.C2N7O2/c1-4-7-10-13(11-8-5-2)12-9-6-3;10-2-5-9(8-11-2)1-3-6-7-4-1/h4-12H2,1-3H3;/q;-1/p+1. The lowest BCUT2D eigenvalue weighted by Gasteiger charge is -2.18. The van der Waals surface area contributed by atoms with Gasteiger partial charge in [-0.05, 0) is 19.3 Å². The van der Waals surface area contributed by atoms with Crippen molar-refractivity contribution in [2.45, 2.75) is 59.3 Å². The van der Waals surface area contributed by atoms with Crippen LogP contribution >= 0.6 is 0 Å². The van der Waals surface area contributed by atoms with Crippen molar-refractivity contribution in [2.75, 3.05) is 19.6 Å². The minimum atomic E-state index is -0.824. The second kappa shape index (κ2) is 12.3. The molecule has 10 nitrogen and oxygen atoms in total. The molecule has 1 fully saturated rings. The average molecular weight is 340 g/mol. The van der Waals surface area contributed by atoms with Crippen LogP contribution < -0.4 is 4.90 Å². The summed E-state index contributed by atoms with van der Waals surface area (Å²) in [6, 6.07) is 0. The van der Waals surface area contributed by atoms with Crippen LogP contribution in [0.3, 0.4) is 0 Å². The van der Waals surface area contributed by atoms with E-state index in [9.17, 15) is 4.79 Å². The summed E-state index contributed by atoms with van der Waals surface area (Å²) in [5.41, 5.74) is 6.40. The van der Waals surface area contributed by atoms with Crippen molar-refractivity contribution in [1.29, 1.82) is 0 Å². The first-order valence-electron chi connectivity index (χ1n) is 8.67. The van der Waals surface area contributed by atoms with Crippen molar-refractivity contribution in [1.82, 2.24) is 0 Å². The second-order valence-electron chi connectivity index (χ2n) is 5.57. The maximum absolute atomic E-state index is 10.3. The lowest BCUT2D eigenvalue weighted by molar-refractivity contribution is -0.900. The van der Waals surface area contributed by atoms with Gasteiger partial charge in [0.25, 0.3) is 0 Å². The number of hydrogen-bond acceptors (Lipinski definition) is 4. The van der Waals surface area contributed by atoms with Gasteiger partial charge in [-0.3, -0.25) is 4.79 Å². The molecule has 0 unspecified atom stereocenters. The molecule has 0 aromatic heterocycles. The molecule has 136 valence electrons. The van der Waals surface area contributed by atoms with E-state index in [0.29, 0.717) is 0 Å². The van der Waals surface area contributed by atoms with E-state index in [-0.39, 0.29) is 5.96 Å². The first kappa shape index (κ1) is 19.9. The Bertz CT molecular complexity index is 431. The van der Waals surface area contributed by atoms with E-state index in [0.717, 1.165) is 4.79 Å². The number of quaternary nitrogens is 1. The molecular weight excluding hydrogens is 312 g/mol. The summed E-state index contributed by atoms with van der Waals surface area (Å²) in [4.78, 5) is 17.1. The third kappa shape index (κ3) is 7.95. The monoisotopic (exact) mass is 340 g/mol. The van der Waals surface area contributed by atoms with Crippen LogP contribution in [0, 0.1) is 0 Å². The molecule has 1 N–H and O–H groups in total. The highest BCUT2D eigenvalue weighted by molar-refractivity contribution is 5.84. The van der Waals surface area contributed by atoms with Crippen molar-refractivity contribution in [2.24, 2.45) is 20.7 Å². The summed E-state index contributed by atoms with van der Waals surface area (Å²) in [7, 11) is 0. The predicted molar refractivity (Wildman–Crippen MR) is 88.5 cm³/mol. The van der Waals surface area contributed by atoms with Crippen molar-refractivity contribution in [3.05, 3.63) is 11.0 Å². The maximum Gasteiger partial charge on any atom is 0.457 e. The smallest absolute Gasteiger partial charge is 0.457 e. The topological polar surface area (TPSA) is 111 Å². The average Bonchev–Trinajstić information content (AvgIpc) is 3.26. The minimum Gasteiger partial charge on any atom is -0.517 e. The van der Waals surface area contributed by atoms with E-state index >= 15 is 0 Å². The Hall–Kier alpha value is -2.10. The predicted octanol–water partition coefficient (Wildman–Crippen LogP) is 3.10. The van der Waals surface area contributed by atoms with Crippen LogP contribution in [0.5, 0.6) is 0 Å². The van der Waals surface area contributed by atoms with Crippen LogP contribution in [0.15, 0.2) is 20.7 Å². The Kier molecular flexibility index (Phi) is 10.3. The van der Waals surface area contributed by atoms with Gasteiger partial charge in [0.1, 0.15) is 0 Å². The van der Waals surface area contributed by atoms with E-state index in [1.807, 2.05) is 4.90 Å². The number of guanidine groups is 1. The fraction of sp³-hybridized carbons (Fsp3) is 0.857. The van der Waals surface area contributed by atoms with Gasteiger partial charge in [0.15, 0.2) is 0 Å². The number of amides is 1. The largest absolute Gasteiger partial charge is 0.517 e. The minimum absolute atomic E-state index is 0.00384. The zero-order valence-electron chi connectivity index (χ0n) is 14.8. The van der Waals surface area contributed by atoms with Gasteiger partial charge in [-0.2, -0.15) is 0 Å². The highest BCUT2D eigenvalue weighted by atomic mass is 16.8. The normalized spacial score (nSPS) is 15.2. The van der Waals surface area contributed by atoms with E-state index in [4.69, 9.17) is 0 Å². The quantitative estimate of drug-likeness (QED) is 0.650. The number of unbranched alkanes of at least 4 members (excludes halogenated alkanes) is 3. The Balaban J connectivity index is 0.000000242. The molecule has 0 aromatic carbocycles. The molecule has 24 heavy (non-hydrogen) atoms. The van der Waals surface area contributed by atoms with Gasteiger partial charge in [-0.15, -0.1) is 0 Å². The Morgan fingerprint density at radius 1 is 0.958 bits per heavy atom. The molecule has 1 amide bonds. The fourth-order valence-corrected chi connectivity index (χ4v) is 2.14. The van der Waals surface area contributed by atoms with E-state index in [1.165, 1.54) is 58.2 Å². The number of carbonyl (C=O) groups excluding carboxylic acids is 1. The summed E-state index contributed by atoms with van der Waals surface area (Å²) in [6.07, 6.45) is 7.44. The SMILES string of the molecule is CCCC[NH+](CCCC)CCCC.O=C1[N-][N+](=C2N=NN=N2)[N-]O1. The van der Waals surface area contributed by atoms with Crippen LogP contribution in [0.2, 0.25) is 0 Å². The van der Waals surface area contributed by atoms with Crippen LogP contribution in [0.4, 0.5) is 4.79 Å². The molecule has 0 spiro atoms. The first-order chi connectivity index (χ1) is 11.7. The number of nitrogens with zero attached hydrogens (tertiary/aromatic N) is 7.